The molecule has 3 N–H and O–H groups in total. The maximum atomic E-state index is 11.4. The van der Waals surface area contributed by atoms with Crippen LogP contribution >= 0.6 is 0 Å². The molecule has 0 aliphatic carbocycles. The second-order valence-electron chi connectivity index (χ2n) is 4.57. The van der Waals surface area contributed by atoms with Crippen molar-refractivity contribution < 1.29 is 23.1 Å². The van der Waals surface area contributed by atoms with E-state index < -0.39 is 27.4 Å². The zero-order valence-electron chi connectivity index (χ0n) is 10.8. The van der Waals surface area contributed by atoms with Crippen molar-refractivity contribution in [1.29, 1.82) is 0 Å². The molecule has 0 aromatic rings. The fraction of sp³-hybridized carbons (Fsp3) is 0.800. The molecule has 0 rings (SSSR count). The molecule has 0 radical (unpaired) electrons. The van der Waals surface area contributed by atoms with Gasteiger partial charge in [-0.2, -0.15) is 0 Å². The van der Waals surface area contributed by atoms with Gasteiger partial charge >= 0.3 is 12.0 Å². The molecule has 0 aliphatic heterocycles. The number of nitrogens with one attached hydrogen (secondary N) is 2. The van der Waals surface area contributed by atoms with Crippen molar-refractivity contribution in [3.8, 4) is 0 Å². The molecule has 7 nitrogen and oxygen atoms in total. The number of hydrogen-bond donors (Lipinski definition) is 3. The Balaban J connectivity index is 4.09. The molecule has 0 bridgehead atoms. The molecule has 0 aromatic carbocycles. The maximum Gasteiger partial charge on any atom is 0.315 e. The lowest BCUT2D eigenvalue weighted by molar-refractivity contribution is -0.138. The van der Waals surface area contributed by atoms with E-state index in [1.54, 1.807) is 13.8 Å². The Kier molecular flexibility index (Phi) is 6.10. The second kappa shape index (κ2) is 6.58. The Morgan fingerprint density at radius 2 is 1.83 bits per heavy atom. The van der Waals surface area contributed by atoms with Gasteiger partial charge in [-0.1, -0.05) is 6.92 Å². The molecular weight excluding hydrogens is 260 g/mol. The minimum atomic E-state index is -3.11. The van der Waals surface area contributed by atoms with E-state index in [2.05, 4.69) is 10.6 Å². The fourth-order valence-corrected chi connectivity index (χ4v) is 1.94. The van der Waals surface area contributed by atoms with Crippen LogP contribution in [0.25, 0.3) is 0 Å². The number of carbonyl (C=O) groups excluding carboxylic acids is 1. The molecule has 0 aliphatic rings. The van der Waals surface area contributed by atoms with Gasteiger partial charge in [0.05, 0.1) is 12.2 Å². The number of amides is 2. The van der Waals surface area contributed by atoms with Gasteiger partial charge in [-0.3, -0.25) is 4.79 Å². The molecular formula is C10H20N2O5S. The number of sulfone groups is 1. The summed E-state index contributed by atoms with van der Waals surface area (Å²) >= 11 is 0. The lowest BCUT2D eigenvalue weighted by Crippen LogP contribution is -2.50. The Labute approximate surface area is 107 Å². The second-order valence-corrected chi connectivity index (χ2v) is 7.04. The summed E-state index contributed by atoms with van der Waals surface area (Å²) in [5, 5.41) is 13.5. The van der Waals surface area contributed by atoms with Crippen molar-refractivity contribution in [2.75, 3.05) is 18.1 Å². The van der Waals surface area contributed by atoms with Gasteiger partial charge in [0.1, 0.15) is 0 Å². The minimum Gasteiger partial charge on any atom is -0.481 e. The number of carboxylic acids is 1. The Bertz CT molecular complexity index is 402. The van der Waals surface area contributed by atoms with Gasteiger partial charge in [-0.15, -0.1) is 0 Å². The molecule has 0 spiro atoms. The van der Waals surface area contributed by atoms with Crippen molar-refractivity contribution in [3.63, 3.8) is 0 Å². The standard InChI is InChI=1S/C10H20N2O5S/c1-4-18(16,17)6-5-11-9(15)12-10(2,3)7-8(13)14/h4-7H2,1-3H3,(H,13,14)(H2,11,12,15). The summed E-state index contributed by atoms with van der Waals surface area (Å²) in [4.78, 5) is 21.9. The van der Waals surface area contributed by atoms with Crippen molar-refractivity contribution in [2.45, 2.75) is 32.7 Å². The van der Waals surface area contributed by atoms with Crippen LogP contribution in [0.4, 0.5) is 4.79 Å². The third-order valence-corrected chi connectivity index (χ3v) is 3.89. The van der Waals surface area contributed by atoms with Crippen molar-refractivity contribution >= 4 is 21.8 Å². The first kappa shape index (κ1) is 16.7. The largest absolute Gasteiger partial charge is 0.481 e. The van der Waals surface area contributed by atoms with Gasteiger partial charge in [-0.25, -0.2) is 13.2 Å². The number of carboxylic acid groups (broad SMARTS) is 1. The van der Waals surface area contributed by atoms with Crippen molar-refractivity contribution in [2.24, 2.45) is 0 Å². The number of aliphatic carboxylic acids is 1. The van der Waals surface area contributed by atoms with Gasteiger partial charge < -0.3 is 15.7 Å². The van der Waals surface area contributed by atoms with Crippen molar-refractivity contribution in [3.05, 3.63) is 0 Å². The molecule has 8 heteroatoms. The SMILES string of the molecule is CCS(=O)(=O)CCNC(=O)NC(C)(C)CC(=O)O. The van der Waals surface area contributed by atoms with E-state index in [9.17, 15) is 18.0 Å². The molecule has 0 fully saturated rings. The van der Waals surface area contributed by atoms with E-state index in [1.807, 2.05) is 0 Å². The highest BCUT2D eigenvalue weighted by Gasteiger charge is 2.23. The number of hydrogen-bond acceptors (Lipinski definition) is 4. The average molecular weight is 280 g/mol. The van der Waals surface area contributed by atoms with Gasteiger partial charge in [0.2, 0.25) is 0 Å². The van der Waals surface area contributed by atoms with Gasteiger partial charge in [0, 0.05) is 17.8 Å². The first-order valence-corrected chi connectivity index (χ1v) is 7.38. The van der Waals surface area contributed by atoms with Gasteiger partial charge in [-0.05, 0) is 13.8 Å². The predicted octanol–water partition coefficient (Wildman–Crippen LogP) is -0.0264. The predicted molar refractivity (Wildman–Crippen MR) is 67.2 cm³/mol. The topological polar surface area (TPSA) is 113 Å². The Morgan fingerprint density at radius 3 is 2.28 bits per heavy atom. The average Bonchev–Trinajstić information content (AvgIpc) is 2.14. The van der Waals surface area contributed by atoms with Crippen LogP contribution in [-0.2, 0) is 14.6 Å². The maximum absolute atomic E-state index is 11.4. The third-order valence-electron chi connectivity index (χ3n) is 2.18. The van der Waals surface area contributed by atoms with Crippen LogP contribution in [0.1, 0.15) is 27.2 Å². The van der Waals surface area contributed by atoms with Crippen LogP contribution < -0.4 is 10.6 Å². The van der Waals surface area contributed by atoms with Gasteiger partial charge in [0.25, 0.3) is 0 Å². The summed E-state index contributed by atoms with van der Waals surface area (Å²) < 4.78 is 22.3. The summed E-state index contributed by atoms with van der Waals surface area (Å²) in [5.41, 5.74) is -0.889. The molecule has 106 valence electrons. The van der Waals surface area contributed by atoms with E-state index in [0.29, 0.717) is 0 Å². The minimum absolute atomic E-state index is 0.00512. The van der Waals surface area contributed by atoms with Crippen LogP contribution in [-0.4, -0.2) is 49.1 Å². The third kappa shape index (κ3) is 7.88. The van der Waals surface area contributed by atoms with Crippen molar-refractivity contribution in [1.82, 2.24) is 10.6 Å². The quantitative estimate of drug-likeness (QED) is 0.606. The number of carbonyl (C=O) groups is 2. The number of urea groups is 1. The van der Waals surface area contributed by atoms with E-state index in [0.717, 1.165) is 0 Å². The molecule has 18 heavy (non-hydrogen) atoms. The Hall–Kier alpha value is -1.31. The van der Waals surface area contributed by atoms with Crippen LogP contribution in [0.15, 0.2) is 0 Å². The summed E-state index contributed by atoms with van der Waals surface area (Å²) in [7, 11) is -3.11. The smallest absolute Gasteiger partial charge is 0.315 e. The normalized spacial score (nSPS) is 11.9. The molecule has 0 saturated carbocycles. The molecule has 0 atom stereocenters. The summed E-state index contributed by atoms with van der Waals surface area (Å²) in [6.07, 6.45) is -0.215. The highest BCUT2D eigenvalue weighted by atomic mass is 32.2. The zero-order chi connectivity index (χ0) is 14.4. The summed E-state index contributed by atoms with van der Waals surface area (Å²) in [6.45, 7) is 4.68. The van der Waals surface area contributed by atoms with Crippen LogP contribution in [0.2, 0.25) is 0 Å². The molecule has 0 aromatic heterocycles. The summed E-state index contributed by atoms with van der Waals surface area (Å²) in [5.74, 6) is -1.12. The van der Waals surface area contributed by atoms with Crippen LogP contribution in [0, 0.1) is 0 Å². The lowest BCUT2D eigenvalue weighted by atomic mass is 10.0. The number of rotatable bonds is 7. The Morgan fingerprint density at radius 1 is 1.28 bits per heavy atom. The lowest BCUT2D eigenvalue weighted by Gasteiger charge is -2.24. The first-order valence-electron chi connectivity index (χ1n) is 5.56. The molecule has 0 heterocycles. The van der Waals surface area contributed by atoms with E-state index in [4.69, 9.17) is 5.11 Å². The van der Waals surface area contributed by atoms with E-state index in [-0.39, 0.29) is 24.5 Å². The van der Waals surface area contributed by atoms with E-state index in [1.165, 1.54) is 6.92 Å². The van der Waals surface area contributed by atoms with Crippen LogP contribution in [0.3, 0.4) is 0 Å². The monoisotopic (exact) mass is 280 g/mol. The van der Waals surface area contributed by atoms with E-state index >= 15 is 0 Å². The molecule has 2 amide bonds. The fourth-order valence-electron chi connectivity index (χ4n) is 1.24. The first-order chi connectivity index (χ1) is 8.08. The highest BCUT2D eigenvalue weighted by Crippen LogP contribution is 2.07. The highest BCUT2D eigenvalue weighted by molar-refractivity contribution is 7.91. The summed E-state index contributed by atoms with van der Waals surface area (Å²) in [6, 6.07) is -0.576. The molecule has 0 saturated heterocycles. The molecule has 0 unspecified atom stereocenters. The zero-order valence-corrected chi connectivity index (χ0v) is 11.6. The van der Waals surface area contributed by atoms with Crippen LogP contribution in [0.5, 0.6) is 0 Å². The van der Waals surface area contributed by atoms with Gasteiger partial charge in [0.15, 0.2) is 9.84 Å².